The van der Waals surface area contributed by atoms with Gasteiger partial charge in [-0.15, -0.1) is 0 Å². The van der Waals surface area contributed by atoms with E-state index in [4.69, 9.17) is 14.2 Å². The number of aryl methyl sites for hydroxylation is 4. The first-order valence-corrected chi connectivity index (χ1v) is 16.4. The first-order valence-electron chi connectivity index (χ1n) is 14.9. The summed E-state index contributed by atoms with van der Waals surface area (Å²) in [5.74, 6) is 4.30. The topological polar surface area (TPSA) is 61.8 Å². The molecule has 0 unspecified atom stereocenters. The fourth-order valence-electron chi connectivity index (χ4n) is 4.34. The van der Waals surface area contributed by atoms with Gasteiger partial charge < -0.3 is 14.2 Å². The summed E-state index contributed by atoms with van der Waals surface area (Å²) >= 11 is 0. The van der Waals surface area contributed by atoms with Gasteiger partial charge >= 0.3 is 0 Å². The van der Waals surface area contributed by atoms with E-state index in [-0.39, 0.29) is 17.2 Å². The average Bonchev–Trinajstić information content (AvgIpc) is 3.06. The van der Waals surface area contributed by atoms with Crippen LogP contribution in [0.1, 0.15) is 29.7 Å². The number of sulfone groups is 1. The fraction of sp³-hybridized carbons (Fsp3) is 0.122. The molecule has 0 fully saturated rings. The quantitative estimate of drug-likeness (QED) is 0.165. The van der Waals surface area contributed by atoms with Crippen LogP contribution in [0.5, 0.6) is 34.5 Å². The molecule has 0 aliphatic rings. The minimum atomic E-state index is -3.64. The largest absolute Gasteiger partial charge is 0.457 e. The van der Waals surface area contributed by atoms with Crippen molar-refractivity contribution in [2.45, 2.75) is 44.9 Å². The maximum absolute atomic E-state index is 13.0. The van der Waals surface area contributed by atoms with Gasteiger partial charge in [0.2, 0.25) is 9.84 Å². The Morgan fingerprint density at radius 2 is 0.489 bits per heavy atom. The van der Waals surface area contributed by atoms with E-state index in [1.54, 1.807) is 48.5 Å². The third-order valence-electron chi connectivity index (χ3n) is 7.06. The van der Waals surface area contributed by atoms with Crippen molar-refractivity contribution in [3.05, 3.63) is 168 Å². The lowest BCUT2D eigenvalue weighted by molar-refractivity contribution is 0.482. The molecule has 0 amide bonds. The van der Waals surface area contributed by atoms with E-state index in [1.165, 1.54) is 11.1 Å². The lowest BCUT2D eigenvalue weighted by Gasteiger charge is -2.09. The summed E-state index contributed by atoms with van der Waals surface area (Å²) in [5, 5.41) is 0. The fourth-order valence-corrected chi connectivity index (χ4v) is 5.60. The van der Waals surface area contributed by atoms with E-state index in [1.807, 2.05) is 111 Å². The monoisotopic (exact) mass is 644 g/mol. The van der Waals surface area contributed by atoms with Gasteiger partial charge in [-0.1, -0.05) is 78.2 Å². The van der Waals surface area contributed by atoms with Gasteiger partial charge in [-0.3, -0.25) is 0 Å². The molecule has 5 nitrogen and oxygen atoms in total. The zero-order chi connectivity index (χ0) is 32.5. The Kier molecular flexibility index (Phi) is 11.6. The van der Waals surface area contributed by atoms with Crippen LogP contribution in [-0.4, -0.2) is 8.42 Å². The second kappa shape index (κ2) is 15.8. The Labute approximate surface area is 279 Å². The molecule has 6 rings (SSSR count). The van der Waals surface area contributed by atoms with Crippen LogP contribution in [0.25, 0.3) is 0 Å². The summed E-state index contributed by atoms with van der Waals surface area (Å²) in [7, 11) is -3.64. The highest BCUT2D eigenvalue weighted by Gasteiger charge is 2.18. The van der Waals surface area contributed by atoms with Gasteiger partial charge in [0, 0.05) is 0 Å². The van der Waals surface area contributed by atoms with E-state index < -0.39 is 9.84 Å². The molecule has 0 aliphatic heterocycles. The van der Waals surface area contributed by atoms with Gasteiger partial charge in [-0.2, -0.15) is 0 Å². The Morgan fingerprint density at radius 1 is 0.319 bits per heavy atom. The van der Waals surface area contributed by atoms with Crippen molar-refractivity contribution in [3.8, 4) is 34.5 Å². The summed E-state index contributed by atoms with van der Waals surface area (Å²) < 4.78 is 43.2. The van der Waals surface area contributed by atoms with E-state index in [9.17, 15) is 8.42 Å². The smallest absolute Gasteiger partial charge is 0.206 e. The van der Waals surface area contributed by atoms with Crippen molar-refractivity contribution < 1.29 is 22.6 Å². The molecule has 0 aromatic heterocycles. The first-order chi connectivity index (χ1) is 22.1. The molecular formula is C41H40O5S. The van der Waals surface area contributed by atoms with Crippen LogP contribution in [0.15, 0.2) is 155 Å². The van der Waals surface area contributed by atoms with Crippen LogP contribution in [0.4, 0.5) is 0 Å². The highest BCUT2D eigenvalue weighted by molar-refractivity contribution is 7.91. The molecule has 0 bridgehead atoms. The van der Waals surface area contributed by atoms with Crippen LogP contribution in [0.2, 0.25) is 0 Å². The van der Waals surface area contributed by atoms with E-state index in [0.29, 0.717) is 23.0 Å². The molecule has 6 heteroatoms. The molecule has 47 heavy (non-hydrogen) atoms. The number of benzene rings is 6. The van der Waals surface area contributed by atoms with Crippen molar-refractivity contribution in [3.63, 3.8) is 0 Å². The number of ether oxygens (including phenoxy) is 3. The number of hydrogen-bond donors (Lipinski definition) is 0. The molecule has 240 valence electrons. The molecule has 6 aromatic rings. The Morgan fingerprint density at radius 3 is 0.681 bits per heavy atom. The Bertz CT molecular complexity index is 1810. The summed E-state index contributed by atoms with van der Waals surface area (Å²) in [5.41, 5.74) is 4.77. The molecule has 0 heterocycles. The first kappa shape index (κ1) is 34.5. The maximum Gasteiger partial charge on any atom is 0.206 e. The van der Waals surface area contributed by atoms with Gasteiger partial charge in [-0.25, -0.2) is 8.42 Å². The highest BCUT2D eigenvalue weighted by atomic mass is 32.2. The van der Waals surface area contributed by atoms with Crippen LogP contribution in [-0.2, 0) is 9.84 Å². The van der Waals surface area contributed by atoms with Crippen LogP contribution < -0.4 is 14.2 Å². The lowest BCUT2D eigenvalue weighted by atomic mass is 10.2. The molecule has 0 spiro atoms. The zero-order valence-electron chi connectivity index (χ0n) is 26.3. The predicted octanol–water partition coefficient (Wildman–Crippen LogP) is 11.5. The summed E-state index contributed by atoms with van der Waals surface area (Å²) in [6, 6.07) is 44.3. The third-order valence-corrected chi connectivity index (χ3v) is 8.84. The second-order valence-corrected chi connectivity index (χ2v) is 13.0. The molecule has 0 aliphatic carbocycles. The van der Waals surface area contributed by atoms with Gasteiger partial charge in [0.15, 0.2) is 0 Å². The average molecular weight is 645 g/mol. The summed E-state index contributed by atoms with van der Waals surface area (Å²) in [6.07, 6.45) is 0. The van der Waals surface area contributed by atoms with Crippen molar-refractivity contribution in [2.75, 3.05) is 0 Å². The maximum atomic E-state index is 13.0. The van der Waals surface area contributed by atoms with Gasteiger partial charge in [0.05, 0.1) is 9.79 Å². The molecule has 0 atom stereocenters. The summed E-state index contributed by atoms with van der Waals surface area (Å²) in [6.45, 7) is 8.14. The van der Waals surface area contributed by atoms with Crippen LogP contribution in [0, 0.1) is 27.7 Å². The lowest BCUT2D eigenvalue weighted by Crippen LogP contribution is -2.01. The van der Waals surface area contributed by atoms with Crippen LogP contribution in [0.3, 0.4) is 0 Å². The van der Waals surface area contributed by atoms with Gasteiger partial charge in [-0.05, 0) is 125 Å². The minimum Gasteiger partial charge on any atom is -0.457 e. The molecular weight excluding hydrogens is 605 g/mol. The second-order valence-electron chi connectivity index (χ2n) is 11.0. The summed E-state index contributed by atoms with van der Waals surface area (Å²) in [4.78, 5) is 0.409. The third kappa shape index (κ3) is 9.83. The van der Waals surface area contributed by atoms with Crippen molar-refractivity contribution in [1.29, 1.82) is 0 Å². The number of rotatable bonds is 8. The Hall–Kier alpha value is -5.33. The zero-order valence-corrected chi connectivity index (χ0v) is 27.1. The molecule has 6 aromatic carbocycles. The van der Waals surface area contributed by atoms with Crippen molar-refractivity contribution >= 4 is 9.84 Å². The Balaban J connectivity index is 0.000000262. The molecule has 0 saturated heterocycles. The van der Waals surface area contributed by atoms with Crippen LogP contribution >= 0.6 is 0 Å². The highest BCUT2D eigenvalue weighted by Crippen LogP contribution is 2.29. The predicted molar refractivity (Wildman–Crippen MR) is 190 cm³/mol. The van der Waals surface area contributed by atoms with Gasteiger partial charge in [0.25, 0.3) is 0 Å². The number of hydrogen-bond acceptors (Lipinski definition) is 5. The van der Waals surface area contributed by atoms with E-state index in [2.05, 4.69) is 13.8 Å². The van der Waals surface area contributed by atoms with Crippen molar-refractivity contribution in [1.82, 2.24) is 0 Å². The molecule has 0 radical (unpaired) electrons. The minimum absolute atomic E-state index is 0. The normalized spacial score (nSPS) is 10.6. The van der Waals surface area contributed by atoms with E-state index >= 15 is 0 Å². The molecule has 0 saturated carbocycles. The van der Waals surface area contributed by atoms with Gasteiger partial charge in [0.1, 0.15) is 34.5 Å². The SMILES string of the molecule is C.Cc1ccc(Oc2ccc(C)cc2)cc1.Cc1ccc(Oc2ccc(S(=O)(=O)c3ccc(Oc4ccc(C)cc4)cc3)cc2)cc1. The standard InChI is InChI=1S/C26H22O4S.C14H14O.CH4/c1-19-3-7-21(8-4-19)29-23-11-15-25(16-12-23)31(27,28)26-17-13-24(14-18-26)30-22-9-5-20(2)6-10-22;1-11-3-7-13(8-4-11)15-14-9-5-12(2)6-10-14;/h3-18H,1-2H3;3-10H,1-2H3;1H4. The van der Waals surface area contributed by atoms with Crippen molar-refractivity contribution in [2.24, 2.45) is 0 Å². The van der Waals surface area contributed by atoms with E-state index in [0.717, 1.165) is 22.6 Å². The molecule has 0 N–H and O–H groups in total.